The van der Waals surface area contributed by atoms with Crippen molar-refractivity contribution in [2.45, 2.75) is 37.5 Å². The Morgan fingerprint density at radius 3 is 2.77 bits per heavy atom. The minimum Gasteiger partial charge on any atom is -0.388 e. The summed E-state index contributed by atoms with van der Waals surface area (Å²) in [5.74, 6) is 0.116. The van der Waals surface area contributed by atoms with Crippen LogP contribution in [-0.4, -0.2) is 72.0 Å². The number of nitrogens with zero attached hydrogens (tertiary/aromatic N) is 6. The monoisotopic (exact) mass is 438 g/mol. The number of aryl methyl sites for hydroxylation is 1. The van der Waals surface area contributed by atoms with Crippen molar-refractivity contribution in [2.75, 3.05) is 11.1 Å². The number of anilines is 1. The van der Waals surface area contributed by atoms with Gasteiger partial charge in [0.2, 0.25) is 10.0 Å². The molecule has 14 heteroatoms. The van der Waals surface area contributed by atoms with E-state index in [1.807, 2.05) is 13.2 Å². The summed E-state index contributed by atoms with van der Waals surface area (Å²) in [6, 6.07) is 0. The van der Waals surface area contributed by atoms with Crippen LogP contribution in [0, 0.1) is 0 Å². The third-order valence-corrected chi connectivity index (χ3v) is 5.68. The van der Waals surface area contributed by atoms with E-state index in [0.717, 1.165) is 5.56 Å². The molecule has 4 atom stereocenters. The number of primary sulfonamides is 1. The van der Waals surface area contributed by atoms with Crippen molar-refractivity contribution in [1.82, 2.24) is 29.3 Å². The Kier molecular flexibility index (Phi) is 5.42. The first kappa shape index (κ1) is 20.6. The third kappa shape index (κ3) is 4.13. The fourth-order valence-corrected chi connectivity index (χ4v) is 3.96. The normalized spacial score (nSPS) is 24.5. The molecule has 5 N–H and O–H groups in total. The maximum absolute atomic E-state index is 11.2. The smallest absolute Gasteiger partial charge is 0.209 e. The number of ether oxygens (including phenoxy) is 1. The summed E-state index contributed by atoms with van der Waals surface area (Å²) in [5, 5.41) is 33.0. The summed E-state index contributed by atoms with van der Waals surface area (Å²) >= 11 is 0. The highest BCUT2D eigenvalue weighted by Gasteiger charge is 2.44. The van der Waals surface area contributed by atoms with Crippen molar-refractivity contribution >= 4 is 27.0 Å². The molecule has 1 saturated heterocycles. The molecule has 3 aromatic rings. The minimum absolute atomic E-state index is 0.0485. The summed E-state index contributed by atoms with van der Waals surface area (Å²) in [6.07, 6.45) is 1.87. The van der Waals surface area contributed by atoms with Gasteiger partial charge in [0.05, 0.1) is 24.4 Å². The highest BCUT2D eigenvalue weighted by Crippen LogP contribution is 2.33. The second-order valence-electron chi connectivity index (χ2n) is 7.12. The third-order valence-electron chi connectivity index (χ3n) is 4.88. The fourth-order valence-electron chi connectivity index (χ4n) is 3.39. The second-order valence-corrected chi connectivity index (χ2v) is 8.86. The zero-order valence-corrected chi connectivity index (χ0v) is 16.8. The molecule has 3 aromatic heterocycles. The van der Waals surface area contributed by atoms with Crippen LogP contribution < -0.4 is 10.5 Å². The van der Waals surface area contributed by atoms with E-state index in [4.69, 9.17) is 9.88 Å². The Morgan fingerprint density at radius 1 is 1.27 bits per heavy atom. The SMILES string of the molecule is Cn1cc(CNc2ncnc3c2ncn3[C@@H]2O[C@H](CCS(N)(=O)=O)[C@@H](O)[C@H]2O)cn1. The lowest BCUT2D eigenvalue weighted by Gasteiger charge is -2.16. The molecule has 30 heavy (non-hydrogen) atoms. The molecule has 1 aliphatic rings. The molecule has 4 rings (SSSR count). The van der Waals surface area contributed by atoms with Crippen molar-refractivity contribution in [3.8, 4) is 0 Å². The predicted octanol–water partition coefficient (Wildman–Crippen LogP) is -1.53. The summed E-state index contributed by atoms with van der Waals surface area (Å²) in [6.45, 7) is 0.476. The highest BCUT2D eigenvalue weighted by molar-refractivity contribution is 7.89. The number of hydrogen-bond donors (Lipinski definition) is 4. The van der Waals surface area contributed by atoms with Crippen molar-refractivity contribution in [3.63, 3.8) is 0 Å². The van der Waals surface area contributed by atoms with E-state index in [2.05, 4.69) is 25.4 Å². The quantitative estimate of drug-likeness (QED) is 0.337. The average Bonchev–Trinajstić information content (AvgIpc) is 3.37. The van der Waals surface area contributed by atoms with Crippen LogP contribution in [0.15, 0.2) is 25.0 Å². The van der Waals surface area contributed by atoms with Crippen molar-refractivity contribution in [3.05, 3.63) is 30.6 Å². The van der Waals surface area contributed by atoms with Gasteiger partial charge in [0, 0.05) is 25.4 Å². The lowest BCUT2D eigenvalue weighted by Crippen LogP contribution is -2.33. The van der Waals surface area contributed by atoms with Gasteiger partial charge in [0.25, 0.3) is 0 Å². The molecule has 0 unspecified atom stereocenters. The van der Waals surface area contributed by atoms with Crippen LogP contribution in [0.25, 0.3) is 11.2 Å². The lowest BCUT2D eigenvalue weighted by atomic mass is 10.1. The number of fused-ring (bicyclic) bond motifs is 1. The van der Waals surface area contributed by atoms with Gasteiger partial charge in [-0.2, -0.15) is 5.10 Å². The maximum Gasteiger partial charge on any atom is 0.209 e. The Hall–Kier alpha value is -2.65. The Labute approximate surface area is 171 Å². The van der Waals surface area contributed by atoms with Gasteiger partial charge in [0.1, 0.15) is 18.5 Å². The van der Waals surface area contributed by atoms with Gasteiger partial charge < -0.3 is 20.3 Å². The minimum atomic E-state index is -3.72. The molecule has 0 amide bonds. The first-order chi connectivity index (χ1) is 14.2. The van der Waals surface area contributed by atoms with E-state index < -0.39 is 34.6 Å². The average molecular weight is 438 g/mol. The number of hydrogen-bond acceptors (Lipinski definition) is 10. The van der Waals surface area contributed by atoms with E-state index in [-0.39, 0.29) is 12.2 Å². The van der Waals surface area contributed by atoms with Crippen LogP contribution in [0.4, 0.5) is 5.82 Å². The molecule has 0 spiro atoms. The summed E-state index contributed by atoms with van der Waals surface area (Å²) in [7, 11) is -1.89. The number of nitrogens with one attached hydrogen (secondary N) is 1. The van der Waals surface area contributed by atoms with Gasteiger partial charge >= 0.3 is 0 Å². The van der Waals surface area contributed by atoms with Crippen LogP contribution in [0.1, 0.15) is 18.2 Å². The number of imidazole rings is 1. The highest BCUT2D eigenvalue weighted by atomic mass is 32.2. The van der Waals surface area contributed by atoms with Gasteiger partial charge in [-0.3, -0.25) is 9.25 Å². The van der Waals surface area contributed by atoms with Crippen LogP contribution >= 0.6 is 0 Å². The molecular weight excluding hydrogens is 416 g/mol. The van der Waals surface area contributed by atoms with Crippen LogP contribution in [0.2, 0.25) is 0 Å². The standard InChI is InChI=1S/C16H22N8O5S/c1-23-6-9(5-22-23)4-18-14-11-15(20-7-19-14)24(8-21-11)16-13(26)12(25)10(29-16)2-3-30(17,27)28/h5-8,10,12-13,16,25-26H,2-4H2,1H3,(H2,17,27,28)(H,18,19,20)/t10-,12-,13-,16-/m1/s1. The molecule has 0 bridgehead atoms. The Morgan fingerprint density at radius 2 is 2.07 bits per heavy atom. The largest absolute Gasteiger partial charge is 0.388 e. The number of sulfonamides is 1. The predicted molar refractivity (Wildman–Crippen MR) is 104 cm³/mol. The summed E-state index contributed by atoms with van der Waals surface area (Å²) in [5.41, 5.74) is 1.81. The molecule has 1 aliphatic heterocycles. The molecule has 0 radical (unpaired) electrons. The lowest BCUT2D eigenvalue weighted by molar-refractivity contribution is -0.0353. The van der Waals surface area contributed by atoms with Crippen molar-refractivity contribution in [2.24, 2.45) is 12.2 Å². The van der Waals surface area contributed by atoms with Crippen LogP contribution in [0.3, 0.4) is 0 Å². The van der Waals surface area contributed by atoms with Gasteiger partial charge in [0.15, 0.2) is 23.2 Å². The number of nitrogens with two attached hydrogens (primary N) is 1. The van der Waals surface area contributed by atoms with Crippen molar-refractivity contribution in [1.29, 1.82) is 0 Å². The number of aliphatic hydroxyl groups is 2. The molecule has 162 valence electrons. The molecule has 0 saturated carbocycles. The Balaban J connectivity index is 1.54. The van der Waals surface area contributed by atoms with Gasteiger partial charge in [-0.05, 0) is 6.42 Å². The van der Waals surface area contributed by atoms with Gasteiger partial charge in [-0.15, -0.1) is 0 Å². The zero-order chi connectivity index (χ0) is 21.5. The molecule has 0 aromatic carbocycles. The zero-order valence-electron chi connectivity index (χ0n) is 16.0. The first-order valence-electron chi connectivity index (χ1n) is 9.14. The van der Waals surface area contributed by atoms with E-state index in [1.54, 1.807) is 10.9 Å². The van der Waals surface area contributed by atoms with E-state index in [0.29, 0.717) is 23.5 Å². The number of aliphatic hydroxyl groups excluding tert-OH is 2. The molecule has 13 nitrogen and oxygen atoms in total. The van der Waals surface area contributed by atoms with E-state index in [1.165, 1.54) is 17.2 Å². The molecule has 4 heterocycles. The maximum atomic E-state index is 11.2. The van der Waals surface area contributed by atoms with E-state index >= 15 is 0 Å². The summed E-state index contributed by atoms with van der Waals surface area (Å²) in [4.78, 5) is 12.8. The van der Waals surface area contributed by atoms with Gasteiger partial charge in [-0.25, -0.2) is 28.5 Å². The number of aromatic nitrogens is 6. The van der Waals surface area contributed by atoms with Crippen LogP contribution in [-0.2, 0) is 28.4 Å². The topological polar surface area (TPSA) is 183 Å². The molecule has 0 aliphatic carbocycles. The Bertz CT molecular complexity index is 1150. The summed E-state index contributed by atoms with van der Waals surface area (Å²) < 4.78 is 31.3. The first-order valence-corrected chi connectivity index (χ1v) is 10.9. The van der Waals surface area contributed by atoms with Crippen LogP contribution in [0.5, 0.6) is 0 Å². The van der Waals surface area contributed by atoms with Crippen molar-refractivity contribution < 1.29 is 23.4 Å². The van der Waals surface area contributed by atoms with E-state index in [9.17, 15) is 18.6 Å². The number of rotatable bonds is 7. The fraction of sp³-hybridized carbons (Fsp3) is 0.500. The molecular formula is C16H22N8O5S. The van der Waals surface area contributed by atoms with Gasteiger partial charge in [-0.1, -0.05) is 0 Å². The molecule has 1 fully saturated rings. The second kappa shape index (κ2) is 7.88.